The quantitative estimate of drug-likeness (QED) is 0.343. The Morgan fingerprint density at radius 1 is 1.10 bits per heavy atom. The molecule has 3 saturated heterocycles. The molecule has 0 radical (unpaired) electrons. The number of ether oxygens (including phenoxy) is 5. The smallest absolute Gasteiger partial charge is 0.336 e. The molecule has 3 rings (SSSR count). The van der Waals surface area contributed by atoms with E-state index in [1.54, 1.807) is 27.7 Å². The molecule has 3 N–H and O–H groups in total. The molecule has 0 aliphatic carbocycles. The molecule has 12 nitrogen and oxygen atoms in total. The average molecular weight is 469 g/mol. The number of hydrogen-bond donors (Lipinski definition) is 3. The predicted octanol–water partition coefficient (Wildman–Crippen LogP) is -0.310. The van der Waals surface area contributed by atoms with Gasteiger partial charge in [-0.05, 0) is 40.7 Å². The number of carboxylic acid groups (broad SMARTS) is 1. The van der Waals surface area contributed by atoms with Crippen molar-refractivity contribution in [1.82, 2.24) is 10.0 Å². The Hall–Kier alpha value is -0.900. The Labute approximate surface area is 182 Å². The summed E-state index contributed by atoms with van der Waals surface area (Å²) in [5.41, 5.74) is 0. The zero-order valence-corrected chi connectivity index (χ0v) is 19.0. The third kappa shape index (κ3) is 6.33. The summed E-state index contributed by atoms with van der Waals surface area (Å²) in [6.07, 6.45) is -1.10. The molecule has 31 heavy (non-hydrogen) atoms. The molecule has 3 aliphatic heterocycles. The number of hydrogen-bond acceptors (Lipinski definition) is 10. The van der Waals surface area contributed by atoms with E-state index < -0.39 is 52.4 Å². The highest BCUT2D eigenvalue weighted by Gasteiger charge is 2.65. The minimum Gasteiger partial charge on any atom is -0.481 e. The average Bonchev–Trinajstić information content (AvgIpc) is 3.10. The summed E-state index contributed by atoms with van der Waals surface area (Å²) in [7, 11) is -4.08. The highest BCUT2D eigenvalue weighted by atomic mass is 32.2. The fourth-order valence-electron chi connectivity index (χ4n) is 3.90. The van der Waals surface area contributed by atoms with Gasteiger partial charge >= 0.3 is 16.3 Å². The maximum absolute atomic E-state index is 12.3. The highest BCUT2D eigenvalue weighted by Crippen LogP contribution is 2.47. The maximum atomic E-state index is 12.3. The SMILES string of the molecule is CC1(C)O[C@@H]2CO[C@@]3(COS(=O)(=O)NCCNCCCC(=O)O)OC(C)(C)OC3[C@@H]2O1. The van der Waals surface area contributed by atoms with E-state index in [1.807, 2.05) is 0 Å². The Morgan fingerprint density at radius 3 is 2.55 bits per heavy atom. The van der Waals surface area contributed by atoms with Crippen molar-refractivity contribution in [3.63, 3.8) is 0 Å². The largest absolute Gasteiger partial charge is 0.481 e. The lowest BCUT2D eigenvalue weighted by Crippen LogP contribution is -2.60. The first-order valence-electron chi connectivity index (χ1n) is 10.3. The van der Waals surface area contributed by atoms with E-state index in [9.17, 15) is 13.2 Å². The van der Waals surface area contributed by atoms with Crippen molar-refractivity contribution in [2.24, 2.45) is 0 Å². The monoisotopic (exact) mass is 468 g/mol. The van der Waals surface area contributed by atoms with Gasteiger partial charge in [-0.3, -0.25) is 8.98 Å². The molecule has 0 bridgehead atoms. The van der Waals surface area contributed by atoms with Gasteiger partial charge in [0.15, 0.2) is 11.6 Å². The van der Waals surface area contributed by atoms with Gasteiger partial charge < -0.3 is 34.1 Å². The molecule has 3 aliphatic rings. The van der Waals surface area contributed by atoms with Gasteiger partial charge in [-0.25, -0.2) is 0 Å². The number of nitrogens with one attached hydrogen (secondary N) is 2. The van der Waals surface area contributed by atoms with E-state index in [2.05, 4.69) is 10.0 Å². The second-order valence-electron chi connectivity index (χ2n) is 8.66. The van der Waals surface area contributed by atoms with Crippen LogP contribution in [0.15, 0.2) is 0 Å². The van der Waals surface area contributed by atoms with Crippen LogP contribution < -0.4 is 10.0 Å². The Morgan fingerprint density at radius 2 is 1.84 bits per heavy atom. The summed E-state index contributed by atoms with van der Waals surface area (Å²) in [6.45, 7) is 7.56. The molecule has 3 heterocycles. The van der Waals surface area contributed by atoms with Gasteiger partial charge in [-0.15, -0.1) is 0 Å². The Kier molecular flexibility index (Phi) is 7.30. The van der Waals surface area contributed by atoms with E-state index in [0.717, 1.165) is 0 Å². The second-order valence-corrected chi connectivity index (χ2v) is 10.1. The van der Waals surface area contributed by atoms with Gasteiger partial charge in [0.2, 0.25) is 5.79 Å². The lowest BCUT2D eigenvalue weighted by molar-refractivity contribution is -0.290. The molecular formula is C18H32N2O10S. The van der Waals surface area contributed by atoms with Crippen molar-refractivity contribution in [3.05, 3.63) is 0 Å². The number of aliphatic carboxylic acids is 1. The van der Waals surface area contributed by atoms with E-state index in [-0.39, 0.29) is 25.7 Å². The van der Waals surface area contributed by atoms with Crippen LogP contribution in [-0.2, 0) is 43.0 Å². The minimum absolute atomic E-state index is 0.0529. The van der Waals surface area contributed by atoms with Crippen LogP contribution in [0, 0.1) is 0 Å². The van der Waals surface area contributed by atoms with Crippen LogP contribution in [0.1, 0.15) is 40.5 Å². The van der Waals surface area contributed by atoms with Crippen molar-refractivity contribution < 1.29 is 46.2 Å². The molecule has 0 spiro atoms. The first-order valence-corrected chi connectivity index (χ1v) is 11.7. The molecule has 0 amide bonds. The summed E-state index contributed by atoms with van der Waals surface area (Å²) in [5.74, 6) is -4.19. The highest BCUT2D eigenvalue weighted by molar-refractivity contribution is 7.84. The fourth-order valence-corrected chi connectivity index (χ4v) is 4.66. The summed E-state index contributed by atoms with van der Waals surface area (Å²) < 4.78 is 61.7. The molecular weight excluding hydrogens is 436 g/mol. The van der Waals surface area contributed by atoms with Crippen LogP contribution in [0.2, 0.25) is 0 Å². The van der Waals surface area contributed by atoms with Crippen LogP contribution in [0.3, 0.4) is 0 Å². The summed E-state index contributed by atoms with van der Waals surface area (Å²) >= 11 is 0. The zero-order valence-electron chi connectivity index (χ0n) is 18.2. The van der Waals surface area contributed by atoms with E-state index in [1.165, 1.54) is 0 Å². The van der Waals surface area contributed by atoms with Gasteiger partial charge in [0, 0.05) is 19.5 Å². The lowest BCUT2D eigenvalue weighted by atomic mass is 9.98. The van der Waals surface area contributed by atoms with Gasteiger partial charge in [0.05, 0.1) is 6.61 Å². The first-order chi connectivity index (χ1) is 14.3. The van der Waals surface area contributed by atoms with Gasteiger partial charge in [-0.1, -0.05) is 0 Å². The van der Waals surface area contributed by atoms with Gasteiger partial charge in [0.1, 0.15) is 24.9 Å². The van der Waals surface area contributed by atoms with E-state index >= 15 is 0 Å². The normalized spacial score (nSPS) is 33.7. The van der Waals surface area contributed by atoms with Crippen molar-refractivity contribution in [2.45, 2.75) is 76.2 Å². The maximum Gasteiger partial charge on any atom is 0.336 e. The predicted molar refractivity (Wildman–Crippen MR) is 105 cm³/mol. The van der Waals surface area contributed by atoms with E-state index in [4.69, 9.17) is 33.0 Å². The molecule has 4 atom stereocenters. The zero-order chi connectivity index (χ0) is 22.9. The van der Waals surface area contributed by atoms with Crippen molar-refractivity contribution >= 4 is 16.3 Å². The molecule has 0 saturated carbocycles. The number of carboxylic acids is 1. The van der Waals surface area contributed by atoms with Crippen molar-refractivity contribution in [3.8, 4) is 0 Å². The van der Waals surface area contributed by atoms with Gasteiger partial charge in [-0.2, -0.15) is 13.1 Å². The lowest BCUT2D eigenvalue weighted by Gasteiger charge is -2.40. The third-order valence-electron chi connectivity index (χ3n) is 5.01. The number of rotatable bonds is 11. The summed E-state index contributed by atoms with van der Waals surface area (Å²) in [4.78, 5) is 10.5. The van der Waals surface area contributed by atoms with Crippen LogP contribution >= 0.6 is 0 Å². The van der Waals surface area contributed by atoms with E-state index in [0.29, 0.717) is 19.5 Å². The topological polar surface area (TPSA) is 151 Å². The molecule has 0 aromatic rings. The van der Waals surface area contributed by atoms with Crippen LogP contribution in [0.25, 0.3) is 0 Å². The summed E-state index contributed by atoms with van der Waals surface area (Å²) in [6, 6.07) is 0. The van der Waals surface area contributed by atoms with Crippen LogP contribution in [-0.4, -0.2) is 88.0 Å². The third-order valence-corrected chi connectivity index (χ3v) is 6.00. The van der Waals surface area contributed by atoms with Crippen LogP contribution in [0.5, 0.6) is 0 Å². The molecule has 0 aromatic heterocycles. The second kappa shape index (κ2) is 9.15. The first kappa shape index (κ1) is 24.7. The van der Waals surface area contributed by atoms with Crippen molar-refractivity contribution in [1.29, 1.82) is 0 Å². The van der Waals surface area contributed by atoms with Crippen LogP contribution in [0.4, 0.5) is 0 Å². The van der Waals surface area contributed by atoms with Gasteiger partial charge in [0.25, 0.3) is 0 Å². The molecule has 13 heteroatoms. The summed E-state index contributed by atoms with van der Waals surface area (Å²) in [5, 5.41) is 11.5. The fraction of sp³-hybridized carbons (Fsp3) is 0.944. The standard InChI is InChI=1S/C18H32N2O10S/c1-16(2)27-12-10-25-18(15(14(12)28-16)29-17(3,4)30-18)11-26-31(23,24)20-9-8-19-7-5-6-13(21)22/h12,14-15,19-20H,5-11H2,1-4H3,(H,21,22)/t12-,14-,15?,18+/m1/s1. The number of fused-ring (bicyclic) bond motifs is 3. The Bertz CT molecular complexity index is 758. The number of carbonyl (C=O) groups is 1. The molecule has 1 unspecified atom stereocenters. The van der Waals surface area contributed by atoms with Crippen molar-refractivity contribution in [2.75, 3.05) is 32.8 Å². The molecule has 0 aromatic carbocycles. The minimum atomic E-state index is -4.08. The Balaban J connectivity index is 1.52. The molecule has 3 fully saturated rings. The molecule has 180 valence electrons.